The van der Waals surface area contributed by atoms with Crippen LogP contribution in [0, 0.1) is 0 Å². The monoisotopic (exact) mass is 446 g/mol. The van der Waals surface area contributed by atoms with Crippen molar-refractivity contribution in [1.82, 2.24) is 10.6 Å². The Bertz CT molecular complexity index is 1100. The molecule has 0 aliphatic heterocycles. The summed E-state index contributed by atoms with van der Waals surface area (Å²) in [7, 11) is 1.56. The van der Waals surface area contributed by atoms with Gasteiger partial charge in [-0.2, -0.15) is 0 Å². The van der Waals surface area contributed by atoms with Crippen LogP contribution in [0.3, 0.4) is 0 Å². The van der Waals surface area contributed by atoms with Crippen LogP contribution in [0.4, 0.5) is 0 Å². The summed E-state index contributed by atoms with van der Waals surface area (Å²) in [5.41, 5.74) is 3.20. The molecule has 3 N–H and O–H groups in total. The standard InChI is InChI=1S/C26H26N2O5/c1-33-22-9-5-6-18(16-22)17-27-26(32)23(14-15-24(29)30)28-25(31)21-12-10-20(11-13-21)19-7-3-2-4-8-19/h2-13,16,23H,14-15,17H2,1H3,(H,27,32)(H,28,31)(H,29,30)/t23-/m0/s1. The Kier molecular flexibility index (Phi) is 8.18. The van der Waals surface area contributed by atoms with Gasteiger partial charge in [-0.3, -0.25) is 14.4 Å². The molecule has 7 heteroatoms. The van der Waals surface area contributed by atoms with E-state index in [-0.39, 0.29) is 19.4 Å². The highest BCUT2D eigenvalue weighted by Crippen LogP contribution is 2.19. The maximum atomic E-state index is 12.8. The van der Waals surface area contributed by atoms with Gasteiger partial charge in [0, 0.05) is 18.5 Å². The smallest absolute Gasteiger partial charge is 0.303 e. The highest BCUT2D eigenvalue weighted by atomic mass is 16.5. The topological polar surface area (TPSA) is 105 Å². The molecule has 0 spiro atoms. The first-order chi connectivity index (χ1) is 16.0. The number of nitrogens with one attached hydrogen (secondary N) is 2. The molecule has 0 aliphatic carbocycles. The lowest BCUT2D eigenvalue weighted by atomic mass is 10.0. The van der Waals surface area contributed by atoms with Crippen molar-refractivity contribution < 1.29 is 24.2 Å². The SMILES string of the molecule is COc1cccc(CNC(=O)[C@H](CCC(=O)O)NC(=O)c2ccc(-c3ccccc3)cc2)c1. The van der Waals surface area contributed by atoms with Gasteiger partial charge in [0.15, 0.2) is 0 Å². The van der Waals surface area contributed by atoms with E-state index >= 15 is 0 Å². The summed E-state index contributed by atoms with van der Waals surface area (Å²) in [5, 5.41) is 14.5. The number of amides is 2. The first-order valence-corrected chi connectivity index (χ1v) is 10.5. The molecule has 0 saturated carbocycles. The van der Waals surface area contributed by atoms with Crippen molar-refractivity contribution in [2.45, 2.75) is 25.4 Å². The second-order valence-electron chi connectivity index (χ2n) is 7.47. The number of methoxy groups -OCH3 is 1. The van der Waals surface area contributed by atoms with Gasteiger partial charge in [-0.25, -0.2) is 0 Å². The first kappa shape index (κ1) is 23.5. The quantitative estimate of drug-likeness (QED) is 0.441. The molecule has 3 aromatic rings. The molecule has 0 saturated heterocycles. The minimum absolute atomic E-state index is 0.0207. The molecule has 170 valence electrons. The maximum Gasteiger partial charge on any atom is 0.303 e. The fourth-order valence-corrected chi connectivity index (χ4v) is 3.32. The zero-order valence-electron chi connectivity index (χ0n) is 18.3. The Morgan fingerprint density at radius 1 is 0.909 bits per heavy atom. The molecule has 1 atom stereocenters. The molecule has 0 aromatic heterocycles. The maximum absolute atomic E-state index is 12.8. The summed E-state index contributed by atoms with van der Waals surface area (Å²) in [6.45, 7) is 0.223. The van der Waals surface area contributed by atoms with Crippen LogP contribution >= 0.6 is 0 Å². The Morgan fingerprint density at radius 2 is 1.61 bits per heavy atom. The van der Waals surface area contributed by atoms with Gasteiger partial charge in [-0.05, 0) is 47.4 Å². The van der Waals surface area contributed by atoms with E-state index in [1.54, 1.807) is 31.4 Å². The minimum Gasteiger partial charge on any atom is -0.497 e. The van der Waals surface area contributed by atoms with Gasteiger partial charge in [0.05, 0.1) is 7.11 Å². The van der Waals surface area contributed by atoms with Crippen molar-refractivity contribution in [3.63, 3.8) is 0 Å². The molecule has 0 fully saturated rings. The van der Waals surface area contributed by atoms with E-state index in [1.165, 1.54) is 0 Å². The second-order valence-corrected chi connectivity index (χ2v) is 7.47. The number of hydrogen-bond acceptors (Lipinski definition) is 4. The van der Waals surface area contributed by atoms with Crippen molar-refractivity contribution in [3.05, 3.63) is 90.0 Å². The summed E-state index contributed by atoms with van der Waals surface area (Å²) in [6, 6.07) is 23.0. The van der Waals surface area contributed by atoms with E-state index in [0.29, 0.717) is 11.3 Å². The third-order valence-electron chi connectivity index (χ3n) is 5.12. The third kappa shape index (κ3) is 6.93. The number of aliphatic carboxylic acids is 1. The lowest BCUT2D eigenvalue weighted by Gasteiger charge is -2.18. The van der Waals surface area contributed by atoms with Crippen LogP contribution in [-0.2, 0) is 16.1 Å². The molecule has 0 bridgehead atoms. The number of rotatable bonds is 10. The minimum atomic E-state index is -1.04. The fourth-order valence-electron chi connectivity index (χ4n) is 3.32. The van der Waals surface area contributed by atoms with E-state index in [0.717, 1.165) is 16.7 Å². The van der Waals surface area contributed by atoms with E-state index < -0.39 is 23.8 Å². The van der Waals surface area contributed by atoms with Crippen LogP contribution in [-0.4, -0.2) is 36.0 Å². The molecule has 0 heterocycles. The Balaban J connectivity index is 1.66. The number of carboxylic acids is 1. The predicted octanol–water partition coefficient (Wildman–Crippen LogP) is 3.64. The number of benzene rings is 3. The number of ether oxygens (including phenoxy) is 1. The van der Waals surface area contributed by atoms with Crippen molar-refractivity contribution in [2.75, 3.05) is 7.11 Å². The van der Waals surface area contributed by atoms with E-state index in [9.17, 15) is 14.4 Å². The van der Waals surface area contributed by atoms with Gasteiger partial charge < -0.3 is 20.5 Å². The summed E-state index contributed by atoms with van der Waals surface area (Å²) in [6.07, 6.45) is -0.266. The molecule has 0 unspecified atom stereocenters. The van der Waals surface area contributed by atoms with Crippen LogP contribution < -0.4 is 15.4 Å². The second kappa shape index (κ2) is 11.5. The van der Waals surface area contributed by atoms with E-state index in [2.05, 4.69) is 10.6 Å². The first-order valence-electron chi connectivity index (χ1n) is 10.5. The zero-order valence-corrected chi connectivity index (χ0v) is 18.3. The average Bonchev–Trinajstić information content (AvgIpc) is 2.85. The van der Waals surface area contributed by atoms with Crippen LogP contribution in [0.1, 0.15) is 28.8 Å². The predicted molar refractivity (Wildman–Crippen MR) is 125 cm³/mol. The zero-order chi connectivity index (χ0) is 23.6. The summed E-state index contributed by atoms with van der Waals surface area (Å²) in [4.78, 5) is 36.5. The van der Waals surface area contributed by atoms with Gasteiger partial charge in [0.1, 0.15) is 11.8 Å². The van der Waals surface area contributed by atoms with Crippen molar-refractivity contribution >= 4 is 17.8 Å². The summed E-state index contributed by atoms with van der Waals surface area (Å²) >= 11 is 0. The van der Waals surface area contributed by atoms with Gasteiger partial charge in [0.25, 0.3) is 5.91 Å². The van der Waals surface area contributed by atoms with Crippen LogP contribution in [0.5, 0.6) is 5.75 Å². The van der Waals surface area contributed by atoms with Crippen molar-refractivity contribution in [3.8, 4) is 16.9 Å². The third-order valence-corrected chi connectivity index (χ3v) is 5.12. The van der Waals surface area contributed by atoms with Crippen LogP contribution in [0.15, 0.2) is 78.9 Å². The molecular weight excluding hydrogens is 420 g/mol. The largest absolute Gasteiger partial charge is 0.497 e. The van der Waals surface area contributed by atoms with E-state index in [1.807, 2.05) is 54.6 Å². The number of carboxylic acid groups (broad SMARTS) is 1. The summed E-state index contributed by atoms with van der Waals surface area (Å²) < 4.78 is 5.18. The van der Waals surface area contributed by atoms with E-state index in [4.69, 9.17) is 9.84 Å². The highest BCUT2D eigenvalue weighted by Gasteiger charge is 2.22. The molecular formula is C26H26N2O5. The Hall–Kier alpha value is -4.13. The Labute approximate surface area is 192 Å². The molecule has 0 radical (unpaired) electrons. The number of carbonyl (C=O) groups is 3. The normalized spacial score (nSPS) is 11.3. The van der Waals surface area contributed by atoms with Gasteiger partial charge in [-0.15, -0.1) is 0 Å². The van der Waals surface area contributed by atoms with Gasteiger partial charge >= 0.3 is 5.97 Å². The van der Waals surface area contributed by atoms with Gasteiger partial charge in [0.2, 0.25) is 5.91 Å². The average molecular weight is 447 g/mol. The molecule has 2 amide bonds. The van der Waals surface area contributed by atoms with Crippen molar-refractivity contribution in [2.24, 2.45) is 0 Å². The van der Waals surface area contributed by atoms with Crippen LogP contribution in [0.25, 0.3) is 11.1 Å². The number of hydrogen-bond donors (Lipinski definition) is 3. The molecule has 3 rings (SSSR count). The van der Waals surface area contributed by atoms with Crippen molar-refractivity contribution in [1.29, 1.82) is 0 Å². The van der Waals surface area contributed by atoms with Crippen LogP contribution in [0.2, 0.25) is 0 Å². The Morgan fingerprint density at radius 3 is 2.27 bits per heavy atom. The lowest BCUT2D eigenvalue weighted by Crippen LogP contribution is -2.46. The van der Waals surface area contributed by atoms with Gasteiger partial charge in [-0.1, -0.05) is 54.6 Å². The molecule has 0 aliphatic rings. The summed E-state index contributed by atoms with van der Waals surface area (Å²) in [5.74, 6) is -1.27. The molecule has 33 heavy (non-hydrogen) atoms. The molecule has 3 aromatic carbocycles. The lowest BCUT2D eigenvalue weighted by molar-refractivity contribution is -0.137. The highest BCUT2D eigenvalue weighted by molar-refractivity contribution is 5.98. The fraction of sp³-hybridized carbons (Fsp3) is 0.192. The molecule has 7 nitrogen and oxygen atoms in total. The number of carbonyl (C=O) groups excluding carboxylic acids is 2.